The van der Waals surface area contributed by atoms with Crippen molar-refractivity contribution in [1.29, 1.82) is 0 Å². The number of carbonyl (C=O) groups excluding carboxylic acids is 2. The summed E-state index contributed by atoms with van der Waals surface area (Å²) in [6, 6.07) is 13.2. The van der Waals surface area contributed by atoms with E-state index in [0.717, 1.165) is 0 Å². The fourth-order valence-electron chi connectivity index (χ4n) is 3.19. The molecule has 2 amide bonds. The van der Waals surface area contributed by atoms with Crippen molar-refractivity contribution >= 4 is 17.7 Å². The molecular weight excluding hydrogens is 372 g/mol. The van der Waals surface area contributed by atoms with Gasteiger partial charge in [-0.05, 0) is 49.7 Å². The normalized spacial score (nSPS) is 16.2. The summed E-state index contributed by atoms with van der Waals surface area (Å²) in [6.07, 6.45) is -0.0693. The predicted molar refractivity (Wildman–Crippen MR) is 109 cm³/mol. The molecule has 1 aliphatic heterocycles. The van der Waals surface area contributed by atoms with Crippen molar-refractivity contribution in [2.75, 3.05) is 14.2 Å². The smallest absolute Gasteiger partial charge is 0.338 e. The molecule has 152 valence electrons. The zero-order valence-corrected chi connectivity index (χ0v) is 16.8. The summed E-state index contributed by atoms with van der Waals surface area (Å²) in [5, 5.41) is 5.56. The van der Waals surface area contributed by atoms with Crippen LogP contribution in [0, 0.1) is 0 Å². The summed E-state index contributed by atoms with van der Waals surface area (Å²) in [6.45, 7) is 3.83. The molecule has 2 aromatic rings. The van der Waals surface area contributed by atoms with Crippen molar-refractivity contribution in [3.8, 4) is 11.5 Å². The minimum absolute atomic E-state index is 0.0693. The highest BCUT2D eigenvalue weighted by atomic mass is 16.5. The number of esters is 1. The van der Waals surface area contributed by atoms with Crippen LogP contribution in [0.25, 0.3) is 5.70 Å². The molecule has 7 nitrogen and oxygen atoms in total. The molecule has 0 aromatic heterocycles. The van der Waals surface area contributed by atoms with Crippen LogP contribution in [0.3, 0.4) is 0 Å². The maximum absolute atomic E-state index is 12.8. The van der Waals surface area contributed by atoms with Gasteiger partial charge in [0.05, 0.1) is 37.6 Å². The summed E-state index contributed by atoms with van der Waals surface area (Å²) >= 11 is 0. The largest absolute Gasteiger partial charge is 0.497 e. The first-order chi connectivity index (χ1) is 13.9. The molecule has 1 aliphatic rings. The summed E-state index contributed by atoms with van der Waals surface area (Å²) in [7, 11) is 2.88. The summed E-state index contributed by atoms with van der Waals surface area (Å²) < 4.78 is 16.1. The SMILES string of the molecule is COC(=O)C1=C(c2ccc(OC)cc2)NC(=O)NC1c1ccccc1OC(C)C. The van der Waals surface area contributed by atoms with Crippen molar-refractivity contribution < 1.29 is 23.8 Å². The maximum Gasteiger partial charge on any atom is 0.338 e. The number of hydrogen-bond acceptors (Lipinski definition) is 5. The Balaban J connectivity index is 2.17. The fourth-order valence-corrected chi connectivity index (χ4v) is 3.19. The average Bonchev–Trinajstić information content (AvgIpc) is 2.72. The number of hydrogen-bond donors (Lipinski definition) is 2. The Hall–Kier alpha value is -3.48. The molecule has 0 radical (unpaired) electrons. The number of benzene rings is 2. The number of urea groups is 1. The minimum Gasteiger partial charge on any atom is -0.497 e. The standard InChI is InChI=1S/C22H24N2O5/c1-13(2)29-17-8-6-5-7-16(17)20-18(21(25)28-4)19(23-22(26)24-20)14-9-11-15(27-3)12-10-14/h5-13,20H,1-4H3,(H2,23,24,26). The first kappa shape index (κ1) is 20.3. The minimum atomic E-state index is -0.733. The van der Waals surface area contributed by atoms with E-state index in [1.165, 1.54) is 7.11 Å². The van der Waals surface area contributed by atoms with Crippen molar-refractivity contribution in [2.45, 2.75) is 26.0 Å². The van der Waals surface area contributed by atoms with Crippen LogP contribution in [0.5, 0.6) is 11.5 Å². The van der Waals surface area contributed by atoms with E-state index in [4.69, 9.17) is 14.2 Å². The first-order valence-corrected chi connectivity index (χ1v) is 9.24. The van der Waals surface area contributed by atoms with E-state index in [1.807, 2.05) is 38.1 Å². The molecule has 0 spiro atoms. The zero-order valence-electron chi connectivity index (χ0n) is 16.8. The zero-order chi connectivity index (χ0) is 21.0. The summed E-state index contributed by atoms with van der Waals surface area (Å²) in [5.41, 5.74) is 2.00. The van der Waals surface area contributed by atoms with Gasteiger partial charge in [-0.1, -0.05) is 18.2 Å². The molecule has 0 bridgehead atoms. The van der Waals surface area contributed by atoms with E-state index in [9.17, 15) is 9.59 Å². The van der Waals surface area contributed by atoms with Gasteiger partial charge in [0.2, 0.25) is 0 Å². The van der Waals surface area contributed by atoms with Gasteiger partial charge in [-0.25, -0.2) is 9.59 Å². The number of rotatable bonds is 6. The molecule has 1 heterocycles. The Morgan fingerprint density at radius 2 is 1.72 bits per heavy atom. The van der Waals surface area contributed by atoms with E-state index in [1.54, 1.807) is 31.4 Å². The van der Waals surface area contributed by atoms with Crippen molar-refractivity contribution in [1.82, 2.24) is 10.6 Å². The third-order valence-corrected chi connectivity index (χ3v) is 4.45. The van der Waals surface area contributed by atoms with E-state index >= 15 is 0 Å². The van der Waals surface area contributed by atoms with Crippen LogP contribution in [0.15, 0.2) is 54.1 Å². The lowest BCUT2D eigenvalue weighted by Gasteiger charge is -2.30. The van der Waals surface area contributed by atoms with Crippen LogP contribution >= 0.6 is 0 Å². The molecule has 2 aromatic carbocycles. The Labute approximate surface area is 169 Å². The number of methoxy groups -OCH3 is 2. The number of amides is 2. The number of carbonyl (C=O) groups is 2. The molecule has 0 saturated heterocycles. The highest BCUT2D eigenvalue weighted by Gasteiger charge is 2.35. The predicted octanol–water partition coefficient (Wildman–Crippen LogP) is 3.42. The molecule has 7 heteroatoms. The van der Waals surface area contributed by atoms with Crippen LogP contribution < -0.4 is 20.1 Å². The van der Waals surface area contributed by atoms with E-state index in [0.29, 0.717) is 28.3 Å². The van der Waals surface area contributed by atoms with Gasteiger partial charge in [-0.3, -0.25) is 0 Å². The lowest BCUT2D eigenvalue weighted by molar-refractivity contribution is -0.136. The highest BCUT2D eigenvalue weighted by molar-refractivity contribution is 6.04. The van der Waals surface area contributed by atoms with Gasteiger partial charge in [0.15, 0.2) is 0 Å². The molecule has 0 aliphatic carbocycles. The second-order valence-corrected chi connectivity index (χ2v) is 6.74. The van der Waals surface area contributed by atoms with Crippen LogP contribution in [-0.2, 0) is 9.53 Å². The van der Waals surface area contributed by atoms with Gasteiger partial charge in [0.1, 0.15) is 11.5 Å². The second-order valence-electron chi connectivity index (χ2n) is 6.74. The van der Waals surface area contributed by atoms with Gasteiger partial charge in [-0.2, -0.15) is 0 Å². The van der Waals surface area contributed by atoms with Crippen LogP contribution in [0.1, 0.15) is 31.0 Å². The van der Waals surface area contributed by atoms with Crippen molar-refractivity contribution in [3.63, 3.8) is 0 Å². The van der Waals surface area contributed by atoms with Gasteiger partial charge in [0.25, 0.3) is 0 Å². The molecule has 29 heavy (non-hydrogen) atoms. The third kappa shape index (κ3) is 4.34. The van der Waals surface area contributed by atoms with Crippen molar-refractivity contribution in [2.24, 2.45) is 0 Å². The van der Waals surface area contributed by atoms with Crippen LogP contribution in [0.4, 0.5) is 4.79 Å². The van der Waals surface area contributed by atoms with Gasteiger partial charge in [-0.15, -0.1) is 0 Å². The topological polar surface area (TPSA) is 85.9 Å². The monoisotopic (exact) mass is 396 g/mol. The molecule has 2 N–H and O–H groups in total. The Kier molecular flexibility index (Phi) is 6.07. The molecule has 1 atom stereocenters. The van der Waals surface area contributed by atoms with E-state index in [2.05, 4.69) is 10.6 Å². The van der Waals surface area contributed by atoms with E-state index < -0.39 is 18.0 Å². The van der Waals surface area contributed by atoms with Gasteiger partial charge < -0.3 is 24.8 Å². The number of para-hydroxylation sites is 1. The lowest BCUT2D eigenvalue weighted by Crippen LogP contribution is -2.45. The second kappa shape index (κ2) is 8.68. The Morgan fingerprint density at radius 1 is 1.03 bits per heavy atom. The molecule has 0 fully saturated rings. The third-order valence-electron chi connectivity index (χ3n) is 4.45. The molecule has 3 rings (SSSR count). The van der Waals surface area contributed by atoms with Crippen LogP contribution in [-0.4, -0.2) is 32.3 Å². The summed E-state index contributed by atoms with van der Waals surface area (Å²) in [4.78, 5) is 25.2. The fraction of sp³-hybridized carbons (Fsp3) is 0.273. The molecule has 0 saturated carbocycles. The Bertz CT molecular complexity index is 934. The lowest BCUT2D eigenvalue weighted by atomic mass is 9.92. The van der Waals surface area contributed by atoms with Gasteiger partial charge >= 0.3 is 12.0 Å². The molecular formula is C22H24N2O5. The number of nitrogens with one attached hydrogen (secondary N) is 2. The van der Waals surface area contributed by atoms with Gasteiger partial charge in [0, 0.05) is 5.56 Å². The average molecular weight is 396 g/mol. The van der Waals surface area contributed by atoms with E-state index in [-0.39, 0.29) is 11.7 Å². The highest BCUT2D eigenvalue weighted by Crippen LogP contribution is 2.36. The number of ether oxygens (including phenoxy) is 3. The maximum atomic E-state index is 12.8. The van der Waals surface area contributed by atoms with Crippen LogP contribution in [0.2, 0.25) is 0 Å². The Morgan fingerprint density at radius 3 is 2.34 bits per heavy atom. The quantitative estimate of drug-likeness (QED) is 0.731. The first-order valence-electron chi connectivity index (χ1n) is 9.24. The summed E-state index contributed by atoms with van der Waals surface area (Å²) in [5.74, 6) is 0.708. The van der Waals surface area contributed by atoms with Crippen molar-refractivity contribution in [3.05, 3.63) is 65.2 Å². The molecule has 1 unspecified atom stereocenters.